The highest BCUT2D eigenvalue weighted by Gasteiger charge is 1.79. The van der Waals surface area contributed by atoms with Crippen LogP contribution in [0.4, 0.5) is 0 Å². The van der Waals surface area contributed by atoms with Gasteiger partial charge in [-0.2, -0.15) is 0 Å². The first kappa shape index (κ1) is 10.8. The monoisotopic (exact) mass is 186 g/mol. The van der Waals surface area contributed by atoms with Crippen LogP contribution in [0.3, 0.4) is 0 Å². The lowest BCUT2D eigenvalue weighted by molar-refractivity contribution is 0.868. The molecule has 0 N–H and O–H groups in total. The van der Waals surface area contributed by atoms with E-state index in [9.17, 15) is 0 Å². The zero-order valence-electron chi connectivity index (χ0n) is 8.60. The van der Waals surface area contributed by atoms with Crippen molar-refractivity contribution in [2.24, 2.45) is 0 Å². The summed E-state index contributed by atoms with van der Waals surface area (Å²) in [6.45, 7) is 0. The van der Waals surface area contributed by atoms with Crippen LogP contribution in [-0.4, -0.2) is 0 Å². The standard InChI is InChI=1S/C14H18/c1-2-4-6-8-10-12-14-13-11-9-7-5-3-1/h1-6,9,11,13-14H,7-8,10,12H2/b2-1+,5-3+,6-4?,11-9?,14-13?. The van der Waals surface area contributed by atoms with Crippen LogP contribution in [0.5, 0.6) is 0 Å². The van der Waals surface area contributed by atoms with Gasteiger partial charge in [0.2, 0.25) is 0 Å². The van der Waals surface area contributed by atoms with Crippen molar-refractivity contribution >= 4 is 0 Å². The minimum absolute atomic E-state index is 1.01. The fraction of sp³-hybridized carbons (Fsp3) is 0.286. The summed E-state index contributed by atoms with van der Waals surface area (Å²) in [7, 11) is 0. The minimum Gasteiger partial charge on any atom is -0.0845 e. The summed E-state index contributed by atoms with van der Waals surface area (Å²) in [6, 6.07) is 0. The van der Waals surface area contributed by atoms with E-state index in [2.05, 4.69) is 60.8 Å². The van der Waals surface area contributed by atoms with Gasteiger partial charge in [0.15, 0.2) is 0 Å². The third-order valence-electron chi connectivity index (χ3n) is 2.00. The lowest BCUT2D eigenvalue weighted by Crippen LogP contribution is -1.68. The van der Waals surface area contributed by atoms with Crippen LogP contribution in [-0.2, 0) is 0 Å². The maximum Gasteiger partial charge on any atom is -0.0163 e. The summed E-state index contributed by atoms with van der Waals surface area (Å²) < 4.78 is 0. The van der Waals surface area contributed by atoms with E-state index in [1.807, 2.05) is 0 Å². The molecule has 0 radical (unpaired) electrons. The van der Waals surface area contributed by atoms with Gasteiger partial charge in [-0.1, -0.05) is 60.8 Å². The molecule has 0 nitrogen and oxygen atoms in total. The van der Waals surface area contributed by atoms with Crippen molar-refractivity contribution in [1.29, 1.82) is 0 Å². The van der Waals surface area contributed by atoms with Crippen molar-refractivity contribution in [2.75, 3.05) is 0 Å². The van der Waals surface area contributed by atoms with Crippen LogP contribution in [0, 0.1) is 0 Å². The fourth-order valence-electron chi connectivity index (χ4n) is 1.22. The molecule has 1 rings (SSSR count). The summed E-state index contributed by atoms with van der Waals surface area (Å²) in [5, 5.41) is 0. The Kier molecular flexibility index (Phi) is 6.39. The molecule has 0 saturated carbocycles. The first-order chi connectivity index (χ1) is 7.00. The molecular weight excluding hydrogens is 168 g/mol. The first-order valence-electron chi connectivity index (χ1n) is 5.30. The number of hydrogen-bond acceptors (Lipinski definition) is 0. The number of rotatable bonds is 0. The van der Waals surface area contributed by atoms with Gasteiger partial charge in [-0.15, -0.1) is 0 Å². The molecule has 0 aromatic heterocycles. The maximum absolute atomic E-state index is 2.23. The van der Waals surface area contributed by atoms with Gasteiger partial charge in [0.05, 0.1) is 0 Å². The average Bonchev–Trinajstić information content (AvgIpc) is 2.22. The van der Waals surface area contributed by atoms with E-state index in [0.29, 0.717) is 0 Å². The van der Waals surface area contributed by atoms with Crippen LogP contribution >= 0.6 is 0 Å². The van der Waals surface area contributed by atoms with E-state index in [1.54, 1.807) is 0 Å². The molecule has 0 heterocycles. The van der Waals surface area contributed by atoms with Crippen LogP contribution in [0.15, 0.2) is 60.8 Å². The predicted molar refractivity (Wildman–Crippen MR) is 64.2 cm³/mol. The Morgan fingerprint density at radius 2 is 1.00 bits per heavy atom. The van der Waals surface area contributed by atoms with E-state index in [1.165, 1.54) is 19.3 Å². The quantitative estimate of drug-likeness (QED) is 0.528. The Labute approximate surface area is 87.0 Å². The van der Waals surface area contributed by atoms with Gasteiger partial charge in [0.1, 0.15) is 0 Å². The number of hydrogen-bond donors (Lipinski definition) is 0. The molecule has 74 valence electrons. The van der Waals surface area contributed by atoms with Crippen LogP contribution in [0.2, 0.25) is 0 Å². The van der Waals surface area contributed by atoms with Crippen molar-refractivity contribution in [2.45, 2.75) is 25.7 Å². The second-order valence-corrected chi connectivity index (χ2v) is 3.26. The van der Waals surface area contributed by atoms with Crippen molar-refractivity contribution in [1.82, 2.24) is 0 Å². The molecule has 0 amide bonds. The second-order valence-electron chi connectivity index (χ2n) is 3.26. The first-order valence-corrected chi connectivity index (χ1v) is 5.30. The fourth-order valence-corrected chi connectivity index (χ4v) is 1.22. The molecule has 0 atom stereocenters. The second kappa shape index (κ2) is 8.31. The van der Waals surface area contributed by atoms with Crippen molar-refractivity contribution in [3.63, 3.8) is 0 Å². The Morgan fingerprint density at radius 1 is 0.500 bits per heavy atom. The Hall–Kier alpha value is -1.30. The summed E-state index contributed by atoms with van der Waals surface area (Å²) in [4.78, 5) is 0. The lowest BCUT2D eigenvalue weighted by Gasteiger charge is -1.89. The lowest BCUT2D eigenvalue weighted by atomic mass is 10.2. The molecule has 0 spiro atoms. The zero-order valence-corrected chi connectivity index (χ0v) is 8.60. The summed E-state index contributed by atoms with van der Waals surface area (Å²) in [5.41, 5.74) is 0. The molecule has 0 fully saturated rings. The summed E-state index contributed by atoms with van der Waals surface area (Å²) >= 11 is 0. The molecule has 1 aliphatic carbocycles. The van der Waals surface area contributed by atoms with Crippen LogP contribution in [0.25, 0.3) is 0 Å². The molecule has 1 aliphatic rings. The SMILES string of the molecule is C1=CC/C=C/C=C/C=CCCCC=C1. The summed E-state index contributed by atoms with van der Waals surface area (Å²) in [6.07, 6.45) is 26.0. The zero-order chi connectivity index (χ0) is 9.90. The van der Waals surface area contributed by atoms with Gasteiger partial charge in [0, 0.05) is 0 Å². The van der Waals surface area contributed by atoms with E-state index in [-0.39, 0.29) is 0 Å². The molecule has 0 aromatic carbocycles. The van der Waals surface area contributed by atoms with Crippen molar-refractivity contribution < 1.29 is 0 Å². The van der Waals surface area contributed by atoms with Gasteiger partial charge >= 0.3 is 0 Å². The predicted octanol–water partition coefficient (Wildman–Crippen LogP) is 4.34. The smallest absolute Gasteiger partial charge is 0.0163 e. The Morgan fingerprint density at radius 3 is 1.71 bits per heavy atom. The third-order valence-corrected chi connectivity index (χ3v) is 2.00. The van der Waals surface area contributed by atoms with Gasteiger partial charge in [-0.25, -0.2) is 0 Å². The molecule has 0 saturated heterocycles. The molecule has 0 aliphatic heterocycles. The van der Waals surface area contributed by atoms with Crippen LogP contribution in [0.1, 0.15) is 25.7 Å². The molecule has 14 heavy (non-hydrogen) atoms. The molecular formula is C14H18. The molecule has 0 aromatic rings. The highest BCUT2D eigenvalue weighted by molar-refractivity contribution is 5.13. The van der Waals surface area contributed by atoms with Crippen molar-refractivity contribution in [3.8, 4) is 0 Å². The van der Waals surface area contributed by atoms with Gasteiger partial charge < -0.3 is 0 Å². The Balaban J connectivity index is 2.45. The van der Waals surface area contributed by atoms with E-state index >= 15 is 0 Å². The third kappa shape index (κ3) is 6.24. The van der Waals surface area contributed by atoms with E-state index < -0.39 is 0 Å². The largest absolute Gasteiger partial charge is 0.0845 e. The molecule has 0 unspecified atom stereocenters. The highest BCUT2D eigenvalue weighted by Crippen LogP contribution is 1.99. The Bertz CT molecular complexity index is 262. The highest BCUT2D eigenvalue weighted by atomic mass is 13.9. The maximum atomic E-state index is 2.23. The summed E-state index contributed by atoms with van der Waals surface area (Å²) in [5.74, 6) is 0. The minimum atomic E-state index is 1.01. The van der Waals surface area contributed by atoms with Gasteiger partial charge in [-0.05, 0) is 25.7 Å². The van der Waals surface area contributed by atoms with Gasteiger partial charge in [0.25, 0.3) is 0 Å². The average molecular weight is 186 g/mol. The van der Waals surface area contributed by atoms with E-state index in [4.69, 9.17) is 0 Å². The molecule has 0 bridgehead atoms. The number of allylic oxidation sites excluding steroid dienone is 10. The van der Waals surface area contributed by atoms with E-state index in [0.717, 1.165) is 6.42 Å². The topological polar surface area (TPSA) is 0 Å². The van der Waals surface area contributed by atoms with Crippen LogP contribution < -0.4 is 0 Å². The normalized spacial score (nSPS) is 22.9. The van der Waals surface area contributed by atoms with Crippen molar-refractivity contribution in [3.05, 3.63) is 60.8 Å². The van der Waals surface area contributed by atoms with Gasteiger partial charge in [-0.3, -0.25) is 0 Å². The molecule has 0 heteroatoms.